The van der Waals surface area contributed by atoms with E-state index in [1.807, 2.05) is 43.3 Å². The van der Waals surface area contributed by atoms with Gasteiger partial charge in [0.25, 0.3) is 0 Å². The smallest absolute Gasteiger partial charge is 0.241 e. The molecule has 6 nitrogen and oxygen atoms in total. The number of benzene rings is 2. The molecule has 0 aliphatic carbocycles. The average Bonchev–Trinajstić information content (AvgIpc) is 3.16. The zero-order chi connectivity index (χ0) is 18.6. The van der Waals surface area contributed by atoms with E-state index in [9.17, 15) is 4.79 Å². The fraction of sp³-hybridized carbons (Fsp3) is 0.381. The van der Waals surface area contributed by atoms with Crippen LogP contribution in [0.25, 0.3) is 0 Å². The first-order valence-corrected chi connectivity index (χ1v) is 9.45. The van der Waals surface area contributed by atoms with E-state index in [1.54, 1.807) is 0 Å². The summed E-state index contributed by atoms with van der Waals surface area (Å²) in [6.45, 7) is 4.80. The highest BCUT2D eigenvalue weighted by atomic mass is 16.6. The molecule has 2 heterocycles. The second-order valence-electron chi connectivity index (χ2n) is 7.01. The largest absolute Gasteiger partial charge is 0.486 e. The molecule has 0 radical (unpaired) electrons. The van der Waals surface area contributed by atoms with E-state index >= 15 is 0 Å². The van der Waals surface area contributed by atoms with Crippen molar-refractivity contribution in [3.63, 3.8) is 0 Å². The van der Waals surface area contributed by atoms with Crippen molar-refractivity contribution in [1.29, 1.82) is 0 Å². The number of hydrogen-bond acceptors (Lipinski definition) is 5. The number of carbonyl (C=O) groups is 1. The van der Waals surface area contributed by atoms with Crippen molar-refractivity contribution in [3.8, 4) is 11.5 Å². The Hall–Kier alpha value is -2.73. The Morgan fingerprint density at radius 1 is 1.07 bits per heavy atom. The Labute approximate surface area is 159 Å². The summed E-state index contributed by atoms with van der Waals surface area (Å²) in [6, 6.07) is 15.9. The maximum atomic E-state index is 12.7. The summed E-state index contributed by atoms with van der Waals surface area (Å²) in [5.41, 5.74) is 1.85. The summed E-state index contributed by atoms with van der Waals surface area (Å²) in [7, 11) is 0. The molecule has 2 aliphatic rings. The van der Waals surface area contributed by atoms with Crippen LogP contribution in [0.3, 0.4) is 0 Å². The van der Waals surface area contributed by atoms with E-state index in [0.717, 1.165) is 36.6 Å². The van der Waals surface area contributed by atoms with Gasteiger partial charge in [-0.15, -0.1) is 0 Å². The van der Waals surface area contributed by atoms with Crippen LogP contribution in [-0.4, -0.2) is 49.2 Å². The van der Waals surface area contributed by atoms with Crippen LogP contribution in [0, 0.1) is 0 Å². The predicted molar refractivity (Wildman–Crippen MR) is 106 cm³/mol. The first kappa shape index (κ1) is 17.7. The SMILES string of the molecule is C[C@@H](C(=O)Nc1ccc2c(c1)OCCO2)N1CC[C@H](Nc2ccccc2)C1. The molecule has 0 spiro atoms. The predicted octanol–water partition coefficient (Wildman–Crippen LogP) is 2.97. The van der Waals surface area contributed by atoms with Gasteiger partial charge < -0.3 is 20.1 Å². The second kappa shape index (κ2) is 7.88. The van der Waals surface area contributed by atoms with Crippen molar-refractivity contribution in [2.45, 2.75) is 25.4 Å². The van der Waals surface area contributed by atoms with E-state index in [-0.39, 0.29) is 11.9 Å². The number of carbonyl (C=O) groups excluding carboxylic acids is 1. The monoisotopic (exact) mass is 367 g/mol. The van der Waals surface area contributed by atoms with Crippen LogP contribution in [0.1, 0.15) is 13.3 Å². The van der Waals surface area contributed by atoms with Crippen molar-refractivity contribution in [3.05, 3.63) is 48.5 Å². The molecule has 4 rings (SSSR count). The fourth-order valence-corrected chi connectivity index (χ4v) is 3.56. The molecule has 27 heavy (non-hydrogen) atoms. The quantitative estimate of drug-likeness (QED) is 0.851. The van der Waals surface area contributed by atoms with Crippen LogP contribution >= 0.6 is 0 Å². The van der Waals surface area contributed by atoms with Gasteiger partial charge in [-0.3, -0.25) is 9.69 Å². The molecule has 2 aromatic carbocycles. The maximum absolute atomic E-state index is 12.7. The van der Waals surface area contributed by atoms with E-state index in [1.165, 1.54) is 0 Å². The number of amides is 1. The summed E-state index contributed by atoms with van der Waals surface area (Å²) in [4.78, 5) is 14.9. The van der Waals surface area contributed by atoms with Crippen molar-refractivity contribution < 1.29 is 14.3 Å². The molecule has 1 fully saturated rings. The van der Waals surface area contributed by atoms with Gasteiger partial charge in [0.2, 0.25) is 5.91 Å². The summed E-state index contributed by atoms with van der Waals surface area (Å²) in [6.07, 6.45) is 1.02. The molecule has 2 aliphatic heterocycles. The molecule has 1 amide bonds. The standard InChI is InChI=1S/C21H25N3O3/c1-15(24-10-9-18(14-24)22-16-5-3-2-4-6-16)21(25)23-17-7-8-19-20(13-17)27-12-11-26-19/h2-8,13,15,18,22H,9-12,14H2,1H3,(H,23,25)/t15-,18-/m0/s1. The number of nitrogens with one attached hydrogen (secondary N) is 2. The molecule has 142 valence electrons. The summed E-state index contributed by atoms with van der Waals surface area (Å²) in [5, 5.41) is 6.54. The van der Waals surface area contributed by atoms with Crippen LogP contribution in [0.2, 0.25) is 0 Å². The number of anilines is 2. The first-order valence-electron chi connectivity index (χ1n) is 9.45. The number of fused-ring (bicyclic) bond motifs is 1. The van der Waals surface area contributed by atoms with Gasteiger partial charge >= 0.3 is 0 Å². The Bertz CT molecular complexity index is 797. The van der Waals surface area contributed by atoms with Crippen LogP contribution in [0.4, 0.5) is 11.4 Å². The average molecular weight is 367 g/mol. The molecule has 0 saturated carbocycles. The lowest BCUT2D eigenvalue weighted by Crippen LogP contribution is -2.41. The van der Waals surface area contributed by atoms with Gasteiger partial charge in [0.15, 0.2) is 11.5 Å². The number of ether oxygens (including phenoxy) is 2. The second-order valence-corrected chi connectivity index (χ2v) is 7.01. The topological polar surface area (TPSA) is 62.8 Å². The Kier molecular flexibility index (Phi) is 5.16. The zero-order valence-corrected chi connectivity index (χ0v) is 15.5. The van der Waals surface area contributed by atoms with Gasteiger partial charge in [0.05, 0.1) is 6.04 Å². The van der Waals surface area contributed by atoms with E-state index in [2.05, 4.69) is 27.7 Å². The molecule has 1 saturated heterocycles. The zero-order valence-electron chi connectivity index (χ0n) is 15.5. The number of rotatable bonds is 5. The van der Waals surface area contributed by atoms with Crippen LogP contribution in [0.15, 0.2) is 48.5 Å². The molecule has 0 unspecified atom stereocenters. The third kappa shape index (κ3) is 4.17. The molecule has 6 heteroatoms. The lowest BCUT2D eigenvalue weighted by atomic mass is 10.2. The van der Waals surface area contributed by atoms with Gasteiger partial charge in [-0.1, -0.05) is 18.2 Å². The third-order valence-electron chi connectivity index (χ3n) is 5.10. The van der Waals surface area contributed by atoms with Crippen LogP contribution < -0.4 is 20.1 Å². The Morgan fingerprint density at radius 2 is 1.85 bits per heavy atom. The molecule has 0 aromatic heterocycles. The number of likely N-dealkylation sites (tertiary alicyclic amines) is 1. The lowest BCUT2D eigenvalue weighted by molar-refractivity contribution is -0.120. The molecule has 2 N–H and O–H groups in total. The molecular formula is C21H25N3O3. The minimum absolute atomic E-state index is 0.00737. The van der Waals surface area contributed by atoms with E-state index in [4.69, 9.17) is 9.47 Å². The number of hydrogen-bond donors (Lipinski definition) is 2. The summed E-state index contributed by atoms with van der Waals surface area (Å²) >= 11 is 0. The van der Waals surface area contributed by atoms with Gasteiger partial charge in [-0.2, -0.15) is 0 Å². The van der Waals surface area contributed by atoms with Crippen molar-refractivity contribution in [2.75, 3.05) is 36.9 Å². The first-order chi connectivity index (χ1) is 13.2. The molecular weight excluding hydrogens is 342 g/mol. The number of nitrogens with zero attached hydrogens (tertiary/aromatic N) is 1. The van der Waals surface area contributed by atoms with E-state index in [0.29, 0.717) is 25.0 Å². The van der Waals surface area contributed by atoms with Crippen LogP contribution in [0.5, 0.6) is 11.5 Å². The third-order valence-corrected chi connectivity index (χ3v) is 5.10. The minimum Gasteiger partial charge on any atom is -0.486 e. The van der Waals surface area contributed by atoms with Crippen molar-refractivity contribution in [1.82, 2.24) is 4.90 Å². The van der Waals surface area contributed by atoms with E-state index < -0.39 is 0 Å². The number of para-hydroxylation sites is 1. The molecule has 2 atom stereocenters. The Balaban J connectivity index is 1.33. The molecule has 2 aromatic rings. The minimum atomic E-state index is -0.194. The van der Waals surface area contributed by atoms with Crippen molar-refractivity contribution >= 4 is 17.3 Å². The van der Waals surface area contributed by atoms with Gasteiger partial charge in [0.1, 0.15) is 13.2 Å². The van der Waals surface area contributed by atoms with Crippen LogP contribution in [-0.2, 0) is 4.79 Å². The highest BCUT2D eigenvalue weighted by Crippen LogP contribution is 2.32. The van der Waals surface area contributed by atoms with Crippen molar-refractivity contribution in [2.24, 2.45) is 0 Å². The van der Waals surface area contributed by atoms with Gasteiger partial charge in [-0.05, 0) is 37.6 Å². The molecule has 0 bridgehead atoms. The van der Waals surface area contributed by atoms with Gasteiger partial charge in [-0.25, -0.2) is 0 Å². The Morgan fingerprint density at radius 3 is 2.67 bits per heavy atom. The van der Waals surface area contributed by atoms with Gasteiger partial charge in [0, 0.05) is 36.6 Å². The summed E-state index contributed by atoms with van der Waals surface area (Å²) in [5.74, 6) is 1.40. The lowest BCUT2D eigenvalue weighted by Gasteiger charge is -2.24. The summed E-state index contributed by atoms with van der Waals surface area (Å²) < 4.78 is 11.1. The maximum Gasteiger partial charge on any atom is 0.241 e. The highest BCUT2D eigenvalue weighted by molar-refractivity contribution is 5.94. The normalized spacial score (nSPS) is 20.1. The fourth-order valence-electron chi connectivity index (χ4n) is 3.56. The highest BCUT2D eigenvalue weighted by Gasteiger charge is 2.29.